The number of ketones is 1. The minimum Gasteiger partial charge on any atom is -0.357 e. The Morgan fingerprint density at radius 3 is 2.85 bits per heavy atom. The number of rotatable bonds is 6. The van der Waals surface area contributed by atoms with Gasteiger partial charge in [-0.2, -0.15) is 5.10 Å². The zero-order valence-corrected chi connectivity index (χ0v) is 15.5. The van der Waals surface area contributed by atoms with Gasteiger partial charge in [0.05, 0.1) is 17.3 Å². The summed E-state index contributed by atoms with van der Waals surface area (Å²) < 4.78 is 1.74. The Balaban J connectivity index is 1.49. The van der Waals surface area contributed by atoms with E-state index in [2.05, 4.69) is 20.4 Å². The summed E-state index contributed by atoms with van der Waals surface area (Å²) in [6, 6.07) is 11.5. The molecule has 0 radical (unpaired) electrons. The van der Waals surface area contributed by atoms with E-state index in [-0.39, 0.29) is 5.78 Å². The highest BCUT2D eigenvalue weighted by Gasteiger charge is 2.14. The van der Waals surface area contributed by atoms with E-state index < -0.39 is 0 Å². The number of aryl methyl sites for hydroxylation is 1. The van der Waals surface area contributed by atoms with Crippen molar-refractivity contribution in [2.24, 2.45) is 7.05 Å². The maximum absolute atomic E-state index is 12.8. The monoisotopic (exact) mass is 375 g/mol. The third-order valence-electron chi connectivity index (χ3n) is 4.06. The molecular formula is C20H17N5OS. The van der Waals surface area contributed by atoms with Gasteiger partial charge in [-0.05, 0) is 23.3 Å². The predicted molar refractivity (Wildman–Crippen MR) is 106 cm³/mol. The summed E-state index contributed by atoms with van der Waals surface area (Å²) in [6.45, 7) is 0.617. The Bertz CT molecular complexity index is 1070. The van der Waals surface area contributed by atoms with Crippen molar-refractivity contribution in [3.8, 4) is 11.1 Å². The highest BCUT2D eigenvalue weighted by molar-refractivity contribution is 7.17. The van der Waals surface area contributed by atoms with Crippen molar-refractivity contribution in [1.29, 1.82) is 0 Å². The third-order valence-corrected chi connectivity index (χ3v) is 5.01. The predicted octanol–water partition coefficient (Wildman–Crippen LogP) is 3.78. The molecule has 3 heterocycles. The number of nitrogens with zero attached hydrogens (tertiary/aromatic N) is 4. The molecule has 4 rings (SSSR count). The van der Waals surface area contributed by atoms with Gasteiger partial charge in [-0.3, -0.25) is 14.5 Å². The number of anilines is 1. The average Bonchev–Trinajstić information content (AvgIpc) is 3.36. The number of thiazole rings is 1. The number of hydrogen-bond acceptors (Lipinski definition) is 6. The van der Waals surface area contributed by atoms with Gasteiger partial charge < -0.3 is 5.32 Å². The summed E-state index contributed by atoms with van der Waals surface area (Å²) in [6.07, 6.45) is 8.88. The van der Waals surface area contributed by atoms with Gasteiger partial charge in [-0.15, -0.1) is 0 Å². The van der Waals surface area contributed by atoms with Crippen LogP contribution in [0.25, 0.3) is 11.1 Å². The smallest absolute Gasteiger partial charge is 0.204 e. The van der Waals surface area contributed by atoms with Crippen LogP contribution in [0.1, 0.15) is 20.8 Å². The molecule has 0 aliphatic carbocycles. The van der Waals surface area contributed by atoms with Crippen LogP contribution in [0.5, 0.6) is 0 Å². The molecule has 0 aliphatic rings. The van der Waals surface area contributed by atoms with Crippen LogP contribution >= 0.6 is 11.3 Å². The summed E-state index contributed by atoms with van der Waals surface area (Å²) in [4.78, 5) is 21.8. The van der Waals surface area contributed by atoms with Crippen LogP contribution in [0.3, 0.4) is 0 Å². The van der Waals surface area contributed by atoms with E-state index in [1.807, 2.05) is 49.6 Å². The van der Waals surface area contributed by atoms with Crippen LogP contribution in [0.2, 0.25) is 0 Å². The standard InChI is InChI=1S/C20H17N5OS/c1-25-13-17(11-24-25)15-5-2-6-16(8-15)19(26)18-12-23-20(27-18)22-10-14-4-3-7-21-9-14/h2-9,11-13H,10H2,1H3,(H,22,23). The molecule has 0 fully saturated rings. The molecule has 0 amide bonds. The molecule has 27 heavy (non-hydrogen) atoms. The van der Waals surface area contributed by atoms with Crippen LogP contribution in [0.15, 0.2) is 67.4 Å². The van der Waals surface area contributed by atoms with Gasteiger partial charge >= 0.3 is 0 Å². The highest BCUT2D eigenvalue weighted by atomic mass is 32.1. The van der Waals surface area contributed by atoms with Gasteiger partial charge in [0.2, 0.25) is 5.78 Å². The molecule has 6 nitrogen and oxygen atoms in total. The second-order valence-corrected chi connectivity index (χ2v) is 7.09. The van der Waals surface area contributed by atoms with E-state index in [0.717, 1.165) is 16.7 Å². The van der Waals surface area contributed by atoms with Gasteiger partial charge in [0, 0.05) is 43.3 Å². The van der Waals surface area contributed by atoms with Crippen molar-refractivity contribution in [3.05, 3.63) is 83.4 Å². The lowest BCUT2D eigenvalue weighted by Crippen LogP contribution is -1.99. The zero-order valence-electron chi connectivity index (χ0n) is 14.7. The fourth-order valence-corrected chi connectivity index (χ4v) is 3.47. The van der Waals surface area contributed by atoms with Crippen LogP contribution in [0.4, 0.5) is 5.13 Å². The van der Waals surface area contributed by atoms with Gasteiger partial charge in [0.1, 0.15) is 0 Å². The molecule has 1 N–H and O–H groups in total. The van der Waals surface area contributed by atoms with Crippen molar-refractivity contribution in [2.45, 2.75) is 6.54 Å². The van der Waals surface area contributed by atoms with Crippen molar-refractivity contribution in [3.63, 3.8) is 0 Å². The lowest BCUT2D eigenvalue weighted by atomic mass is 10.0. The molecule has 0 bridgehead atoms. The third kappa shape index (κ3) is 3.93. The molecule has 0 atom stereocenters. The van der Waals surface area contributed by atoms with Crippen LogP contribution in [0, 0.1) is 0 Å². The first-order valence-corrected chi connectivity index (χ1v) is 9.23. The first kappa shape index (κ1) is 17.1. The largest absolute Gasteiger partial charge is 0.357 e. The molecule has 0 unspecified atom stereocenters. The molecule has 134 valence electrons. The van der Waals surface area contributed by atoms with Crippen molar-refractivity contribution in [2.75, 3.05) is 5.32 Å². The summed E-state index contributed by atoms with van der Waals surface area (Å²) in [7, 11) is 1.87. The molecule has 0 spiro atoms. The van der Waals surface area contributed by atoms with Crippen molar-refractivity contribution >= 4 is 22.3 Å². The number of carbonyl (C=O) groups excluding carboxylic acids is 1. The second-order valence-electron chi connectivity index (χ2n) is 6.06. The highest BCUT2D eigenvalue weighted by Crippen LogP contribution is 2.25. The van der Waals surface area contributed by atoms with Gasteiger partial charge in [0.25, 0.3) is 0 Å². The van der Waals surface area contributed by atoms with E-state index in [1.54, 1.807) is 29.5 Å². The first-order valence-electron chi connectivity index (χ1n) is 8.41. The summed E-state index contributed by atoms with van der Waals surface area (Å²) in [5.74, 6) is -0.0346. The molecule has 3 aromatic heterocycles. The molecule has 1 aromatic carbocycles. The fraction of sp³-hybridized carbons (Fsp3) is 0.100. The first-order chi connectivity index (χ1) is 13.2. The fourth-order valence-electron chi connectivity index (χ4n) is 2.69. The SMILES string of the molecule is Cn1cc(-c2cccc(C(=O)c3cnc(NCc4cccnc4)s3)c2)cn1. The molecule has 7 heteroatoms. The lowest BCUT2D eigenvalue weighted by molar-refractivity contribution is 0.104. The number of aromatic nitrogens is 4. The Hall–Kier alpha value is -3.32. The lowest BCUT2D eigenvalue weighted by Gasteiger charge is -2.02. The summed E-state index contributed by atoms with van der Waals surface area (Å²) in [5.41, 5.74) is 3.65. The number of nitrogens with one attached hydrogen (secondary N) is 1. The minimum atomic E-state index is -0.0346. The minimum absolute atomic E-state index is 0.0346. The Morgan fingerprint density at radius 2 is 2.07 bits per heavy atom. The van der Waals surface area contributed by atoms with E-state index in [1.165, 1.54) is 11.3 Å². The quantitative estimate of drug-likeness (QED) is 0.519. The van der Waals surface area contributed by atoms with Gasteiger partial charge in [0.15, 0.2) is 5.13 Å². The van der Waals surface area contributed by atoms with Crippen molar-refractivity contribution in [1.82, 2.24) is 19.7 Å². The molecular weight excluding hydrogens is 358 g/mol. The topological polar surface area (TPSA) is 72.7 Å². The Kier molecular flexibility index (Phi) is 4.76. The maximum Gasteiger partial charge on any atom is 0.204 e. The number of carbonyl (C=O) groups is 1. The van der Waals surface area contributed by atoms with E-state index in [9.17, 15) is 4.79 Å². The zero-order chi connectivity index (χ0) is 18.6. The van der Waals surface area contributed by atoms with Crippen molar-refractivity contribution < 1.29 is 4.79 Å². The normalized spacial score (nSPS) is 10.7. The Morgan fingerprint density at radius 1 is 1.15 bits per heavy atom. The summed E-state index contributed by atoms with van der Waals surface area (Å²) >= 11 is 1.35. The van der Waals surface area contributed by atoms with Crippen LogP contribution < -0.4 is 5.32 Å². The molecule has 0 saturated heterocycles. The molecule has 4 aromatic rings. The number of benzene rings is 1. The van der Waals surface area contributed by atoms with Gasteiger partial charge in [-0.1, -0.05) is 35.6 Å². The second kappa shape index (κ2) is 7.51. The average molecular weight is 375 g/mol. The number of pyridine rings is 1. The van der Waals surface area contributed by atoms with E-state index >= 15 is 0 Å². The Labute approximate surface area is 160 Å². The number of hydrogen-bond donors (Lipinski definition) is 1. The summed E-state index contributed by atoms with van der Waals surface area (Å²) in [5, 5.41) is 8.13. The van der Waals surface area contributed by atoms with E-state index in [4.69, 9.17) is 0 Å². The van der Waals surface area contributed by atoms with Gasteiger partial charge in [-0.25, -0.2) is 4.98 Å². The van der Waals surface area contributed by atoms with E-state index in [0.29, 0.717) is 22.1 Å². The maximum atomic E-state index is 12.8. The molecule has 0 aliphatic heterocycles. The van der Waals surface area contributed by atoms with Crippen LogP contribution in [-0.2, 0) is 13.6 Å². The molecule has 0 saturated carbocycles. The van der Waals surface area contributed by atoms with Crippen LogP contribution in [-0.4, -0.2) is 25.5 Å².